The number of unbranched alkanes of at least 4 members (excludes halogenated alkanes) is 5. The van der Waals surface area contributed by atoms with Crippen LogP contribution in [0.1, 0.15) is 68.6 Å². The number of pyridine rings is 1. The fraction of sp³-hybridized carbons (Fsp3) is 0.556. The molecule has 0 unspecified atom stereocenters. The number of amides is 2. The third kappa shape index (κ3) is 10.1. The van der Waals surface area contributed by atoms with Crippen molar-refractivity contribution in [2.45, 2.75) is 58.3 Å². The van der Waals surface area contributed by atoms with Crippen molar-refractivity contribution in [2.75, 3.05) is 6.61 Å². The summed E-state index contributed by atoms with van der Waals surface area (Å²) in [5.41, 5.74) is 4.93. The number of rotatable bonds is 11. The van der Waals surface area contributed by atoms with Crippen molar-refractivity contribution in [1.29, 1.82) is 0 Å². The van der Waals surface area contributed by atoms with Gasteiger partial charge in [-0.2, -0.15) is 0 Å². The van der Waals surface area contributed by atoms with Gasteiger partial charge in [-0.1, -0.05) is 39.0 Å². The number of hydrazine groups is 1. The summed E-state index contributed by atoms with van der Waals surface area (Å²) >= 11 is 0. The van der Waals surface area contributed by atoms with Crippen LogP contribution in [0.5, 0.6) is 0 Å². The highest BCUT2D eigenvalue weighted by molar-refractivity contribution is 5.95. The highest BCUT2D eigenvalue weighted by Crippen LogP contribution is 2.05. The van der Waals surface area contributed by atoms with Crippen LogP contribution in [0.2, 0.25) is 0 Å². The van der Waals surface area contributed by atoms with Crippen LogP contribution in [0.25, 0.3) is 0 Å². The first-order chi connectivity index (χ1) is 12.1. The predicted octanol–water partition coefficient (Wildman–Crippen LogP) is 2.53. The SMILES string of the molecule is CCCCCCCCOC(=O)CCC(=O)NNC(=O)c1ccncc1. The van der Waals surface area contributed by atoms with Crippen molar-refractivity contribution >= 4 is 17.8 Å². The molecule has 0 atom stereocenters. The van der Waals surface area contributed by atoms with Gasteiger partial charge in [0, 0.05) is 24.4 Å². The molecule has 1 aromatic heterocycles. The van der Waals surface area contributed by atoms with E-state index in [2.05, 4.69) is 22.8 Å². The molecular formula is C18H27N3O4. The number of aromatic nitrogens is 1. The van der Waals surface area contributed by atoms with E-state index in [-0.39, 0.29) is 12.8 Å². The summed E-state index contributed by atoms with van der Waals surface area (Å²) in [7, 11) is 0. The Morgan fingerprint density at radius 2 is 1.64 bits per heavy atom. The van der Waals surface area contributed by atoms with Crippen LogP contribution < -0.4 is 10.9 Å². The molecule has 7 heteroatoms. The van der Waals surface area contributed by atoms with Gasteiger partial charge < -0.3 is 4.74 Å². The molecule has 25 heavy (non-hydrogen) atoms. The number of nitrogens with one attached hydrogen (secondary N) is 2. The summed E-state index contributed by atoms with van der Waals surface area (Å²) in [5, 5.41) is 0. The number of ether oxygens (including phenoxy) is 1. The third-order valence-corrected chi connectivity index (χ3v) is 3.58. The molecule has 1 heterocycles. The van der Waals surface area contributed by atoms with Gasteiger partial charge in [-0.25, -0.2) is 0 Å². The van der Waals surface area contributed by atoms with E-state index in [0.717, 1.165) is 19.3 Å². The van der Waals surface area contributed by atoms with Crippen LogP contribution >= 0.6 is 0 Å². The average Bonchev–Trinajstić information content (AvgIpc) is 2.64. The molecule has 0 saturated heterocycles. The molecule has 2 N–H and O–H groups in total. The molecule has 2 amide bonds. The fourth-order valence-corrected chi connectivity index (χ4v) is 2.12. The van der Waals surface area contributed by atoms with E-state index in [1.807, 2.05) is 0 Å². The lowest BCUT2D eigenvalue weighted by Crippen LogP contribution is -2.41. The predicted molar refractivity (Wildman–Crippen MR) is 93.4 cm³/mol. The van der Waals surface area contributed by atoms with Gasteiger partial charge in [-0.15, -0.1) is 0 Å². The largest absolute Gasteiger partial charge is 0.466 e. The Morgan fingerprint density at radius 3 is 2.36 bits per heavy atom. The Balaban J connectivity index is 2.05. The third-order valence-electron chi connectivity index (χ3n) is 3.58. The molecule has 0 spiro atoms. The molecular weight excluding hydrogens is 322 g/mol. The lowest BCUT2D eigenvalue weighted by molar-refractivity contribution is -0.145. The highest BCUT2D eigenvalue weighted by Gasteiger charge is 2.10. The Kier molecular flexibility index (Phi) is 10.6. The molecule has 0 bridgehead atoms. The van der Waals surface area contributed by atoms with E-state index in [1.54, 1.807) is 0 Å². The summed E-state index contributed by atoms with van der Waals surface area (Å²) in [6, 6.07) is 3.06. The highest BCUT2D eigenvalue weighted by atomic mass is 16.5. The van der Waals surface area contributed by atoms with Crippen LogP contribution in [0.4, 0.5) is 0 Å². The maximum Gasteiger partial charge on any atom is 0.306 e. The van der Waals surface area contributed by atoms with E-state index in [4.69, 9.17) is 4.74 Å². The van der Waals surface area contributed by atoms with Crippen molar-refractivity contribution in [3.63, 3.8) is 0 Å². The zero-order valence-corrected chi connectivity index (χ0v) is 14.8. The van der Waals surface area contributed by atoms with Gasteiger partial charge in [0.2, 0.25) is 5.91 Å². The summed E-state index contributed by atoms with van der Waals surface area (Å²) in [4.78, 5) is 38.7. The number of esters is 1. The average molecular weight is 349 g/mol. The minimum atomic E-state index is -0.445. The molecule has 0 aliphatic rings. The molecule has 7 nitrogen and oxygen atoms in total. The first-order valence-electron chi connectivity index (χ1n) is 8.78. The van der Waals surface area contributed by atoms with Gasteiger partial charge in [0.15, 0.2) is 0 Å². The lowest BCUT2D eigenvalue weighted by Gasteiger charge is -2.07. The van der Waals surface area contributed by atoms with Crippen molar-refractivity contribution in [3.05, 3.63) is 30.1 Å². The van der Waals surface area contributed by atoms with Crippen LogP contribution in [0, 0.1) is 0 Å². The smallest absolute Gasteiger partial charge is 0.306 e. The number of carbonyl (C=O) groups excluding carboxylic acids is 3. The summed E-state index contributed by atoms with van der Waals surface area (Å²) in [6.45, 7) is 2.56. The Morgan fingerprint density at radius 1 is 0.960 bits per heavy atom. The van der Waals surface area contributed by atoms with Gasteiger partial charge in [0.25, 0.3) is 5.91 Å². The first-order valence-corrected chi connectivity index (χ1v) is 8.78. The molecule has 0 radical (unpaired) electrons. The maximum absolute atomic E-state index is 11.7. The topological polar surface area (TPSA) is 97.4 Å². The molecule has 0 fully saturated rings. The van der Waals surface area contributed by atoms with E-state index >= 15 is 0 Å². The maximum atomic E-state index is 11.7. The van der Waals surface area contributed by atoms with Crippen LogP contribution in [0.15, 0.2) is 24.5 Å². The van der Waals surface area contributed by atoms with Gasteiger partial charge >= 0.3 is 5.97 Å². The number of nitrogens with zero attached hydrogens (tertiary/aromatic N) is 1. The zero-order valence-electron chi connectivity index (χ0n) is 14.8. The van der Waals surface area contributed by atoms with Crippen molar-refractivity contribution in [2.24, 2.45) is 0 Å². The van der Waals surface area contributed by atoms with E-state index in [9.17, 15) is 14.4 Å². The second kappa shape index (κ2) is 12.9. The fourth-order valence-electron chi connectivity index (χ4n) is 2.12. The standard InChI is InChI=1S/C18H27N3O4/c1-2-3-4-5-6-7-14-25-17(23)9-8-16(22)20-21-18(24)15-10-12-19-13-11-15/h10-13H,2-9,14H2,1H3,(H,20,22)(H,21,24). The monoisotopic (exact) mass is 349 g/mol. The minimum absolute atomic E-state index is 0.00715. The first kappa shape index (κ1) is 20.6. The minimum Gasteiger partial charge on any atom is -0.466 e. The van der Waals surface area contributed by atoms with Gasteiger partial charge in [-0.05, 0) is 18.6 Å². The van der Waals surface area contributed by atoms with Crippen molar-refractivity contribution in [3.8, 4) is 0 Å². The van der Waals surface area contributed by atoms with Gasteiger partial charge in [-0.3, -0.25) is 30.2 Å². The Bertz CT molecular complexity index is 534. The number of hydrogen-bond acceptors (Lipinski definition) is 5. The normalized spacial score (nSPS) is 10.1. The van der Waals surface area contributed by atoms with Crippen molar-refractivity contribution < 1.29 is 19.1 Å². The molecule has 1 rings (SSSR count). The van der Waals surface area contributed by atoms with Crippen LogP contribution in [-0.4, -0.2) is 29.4 Å². The summed E-state index contributed by atoms with van der Waals surface area (Å²) < 4.78 is 5.08. The molecule has 1 aromatic rings. The second-order valence-corrected chi connectivity index (χ2v) is 5.73. The quantitative estimate of drug-likeness (QED) is 0.363. The van der Waals surface area contributed by atoms with E-state index in [0.29, 0.717) is 12.2 Å². The van der Waals surface area contributed by atoms with Gasteiger partial charge in [0.05, 0.1) is 13.0 Å². The van der Waals surface area contributed by atoms with E-state index < -0.39 is 17.8 Å². The molecule has 0 aliphatic heterocycles. The second-order valence-electron chi connectivity index (χ2n) is 5.73. The number of hydrogen-bond donors (Lipinski definition) is 2. The summed E-state index contributed by atoms with van der Waals surface area (Å²) in [5.74, 6) is -1.29. The Hall–Kier alpha value is -2.44. The van der Waals surface area contributed by atoms with E-state index in [1.165, 1.54) is 43.8 Å². The lowest BCUT2D eigenvalue weighted by atomic mass is 10.1. The Labute approximate surface area is 148 Å². The van der Waals surface area contributed by atoms with Crippen LogP contribution in [0.3, 0.4) is 0 Å². The van der Waals surface area contributed by atoms with Gasteiger partial charge in [0.1, 0.15) is 0 Å². The molecule has 0 aromatic carbocycles. The van der Waals surface area contributed by atoms with Crippen LogP contribution in [-0.2, 0) is 14.3 Å². The zero-order chi connectivity index (χ0) is 18.3. The number of carbonyl (C=O) groups is 3. The molecule has 0 saturated carbocycles. The molecule has 138 valence electrons. The van der Waals surface area contributed by atoms with Crippen molar-refractivity contribution in [1.82, 2.24) is 15.8 Å². The molecule has 0 aliphatic carbocycles. The summed E-state index contributed by atoms with van der Waals surface area (Å²) in [6.07, 6.45) is 9.65.